The van der Waals surface area contributed by atoms with E-state index >= 15 is 0 Å². The molecular formula is C36H44S3. The normalized spacial score (nSPS) is 11.3. The molecule has 1 aromatic carbocycles. The summed E-state index contributed by atoms with van der Waals surface area (Å²) < 4.78 is 0. The second-order valence-electron chi connectivity index (χ2n) is 10.5. The van der Waals surface area contributed by atoms with Crippen molar-refractivity contribution in [2.24, 2.45) is 0 Å². The van der Waals surface area contributed by atoms with E-state index in [9.17, 15) is 0 Å². The first-order valence-electron chi connectivity index (χ1n) is 15.1. The topological polar surface area (TPSA) is 0 Å². The minimum Gasteiger partial charge on any atom is -0.134 e. The summed E-state index contributed by atoms with van der Waals surface area (Å²) in [6.07, 6.45) is 20.4. The van der Waals surface area contributed by atoms with Crippen molar-refractivity contribution in [3.8, 4) is 42.3 Å². The van der Waals surface area contributed by atoms with Gasteiger partial charge in [0, 0.05) is 24.4 Å². The zero-order chi connectivity index (χ0) is 27.6. The van der Waals surface area contributed by atoms with Crippen LogP contribution < -0.4 is 0 Å². The van der Waals surface area contributed by atoms with Gasteiger partial charge in [-0.15, -0.1) is 40.4 Å². The summed E-state index contributed by atoms with van der Waals surface area (Å²) >= 11 is 5.92. The Morgan fingerprint density at radius 2 is 1.00 bits per heavy atom. The lowest BCUT2D eigenvalue weighted by Crippen LogP contribution is -1.97. The third kappa shape index (κ3) is 6.97. The van der Waals surface area contributed by atoms with Crippen LogP contribution in [0.2, 0.25) is 0 Å². The van der Waals surface area contributed by atoms with Crippen molar-refractivity contribution in [3.05, 3.63) is 69.6 Å². The van der Waals surface area contributed by atoms with Gasteiger partial charge in [-0.1, -0.05) is 89.6 Å². The molecule has 0 aliphatic heterocycles. The molecule has 0 saturated carbocycles. The van der Waals surface area contributed by atoms with E-state index in [2.05, 4.69) is 98.8 Å². The van der Waals surface area contributed by atoms with Crippen LogP contribution in [0.1, 0.15) is 106 Å². The van der Waals surface area contributed by atoms with Crippen molar-refractivity contribution in [2.45, 2.75) is 105 Å². The van der Waals surface area contributed by atoms with E-state index in [0.29, 0.717) is 0 Å². The number of hydrogen-bond acceptors (Lipinski definition) is 3. The minimum absolute atomic E-state index is 1.03. The van der Waals surface area contributed by atoms with Crippen LogP contribution >= 0.6 is 34.0 Å². The highest BCUT2D eigenvalue weighted by Gasteiger charge is 2.26. The molecule has 3 heteroatoms. The standard InChI is InChI=1S/C36H44S3/c1-6-11-20-28-30(22-13-8-3)35(38-33(28)26-18-16-15-17-19-26)36-31(23-14-9-4)29(21-12-7-2)34(39-36)32-25-24-27(10-5)37-32/h5,15-19,24-25H,6-9,11-14,20-23H2,1-4H3. The number of thiophene rings is 3. The Morgan fingerprint density at radius 1 is 0.538 bits per heavy atom. The number of terminal acetylenes is 1. The Kier molecular flexibility index (Phi) is 11.5. The van der Waals surface area contributed by atoms with Crippen molar-refractivity contribution in [3.63, 3.8) is 0 Å². The van der Waals surface area contributed by atoms with Gasteiger partial charge in [0.1, 0.15) is 0 Å². The molecule has 0 spiro atoms. The Balaban J connectivity index is 1.99. The molecule has 4 rings (SSSR count). The predicted molar refractivity (Wildman–Crippen MR) is 179 cm³/mol. The molecule has 0 N–H and O–H groups in total. The van der Waals surface area contributed by atoms with E-state index in [-0.39, 0.29) is 0 Å². The molecule has 0 atom stereocenters. The molecule has 3 heterocycles. The Morgan fingerprint density at radius 3 is 1.46 bits per heavy atom. The average Bonchev–Trinajstić information content (AvgIpc) is 3.68. The summed E-state index contributed by atoms with van der Waals surface area (Å²) in [7, 11) is 0. The molecule has 206 valence electrons. The Labute approximate surface area is 249 Å². The molecule has 0 fully saturated rings. The van der Waals surface area contributed by atoms with Crippen molar-refractivity contribution in [1.82, 2.24) is 0 Å². The van der Waals surface area contributed by atoms with Crippen LogP contribution in [-0.4, -0.2) is 0 Å². The zero-order valence-electron chi connectivity index (χ0n) is 24.3. The summed E-state index contributed by atoms with van der Waals surface area (Å²) in [6.45, 7) is 9.29. The first-order chi connectivity index (χ1) is 19.2. The van der Waals surface area contributed by atoms with Crippen molar-refractivity contribution in [2.75, 3.05) is 0 Å². The molecule has 39 heavy (non-hydrogen) atoms. The Bertz CT molecular complexity index is 1360. The summed E-state index contributed by atoms with van der Waals surface area (Å²) in [5.74, 6) is 2.87. The first-order valence-corrected chi connectivity index (χ1v) is 17.5. The van der Waals surface area contributed by atoms with Gasteiger partial charge in [-0.3, -0.25) is 0 Å². The smallest absolute Gasteiger partial charge is 0.0772 e. The summed E-state index contributed by atoms with van der Waals surface area (Å²) in [6, 6.07) is 15.6. The molecule has 0 radical (unpaired) electrons. The van der Waals surface area contributed by atoms with E-state index in [4.69, 9.17) is 6.42 Å². The van der Waals surface area contributed by atoms with Crippen molar-refractivity contribution >= 4 is 34.0 Å². The van der Waals surface area contributed by atoms with Gasteiger partial charge in [0.25, 0.3) is 0 Å². The largest absolute Gasteiger partial charge is 0.134 e. The number of unbranched alkanes of at least 4 members (excludes halogenated alkanes) is 4. The Hall–Kier alpha value is -2.12. The van der Waals surface area contributed by atoms with Gasteiger partial charge in [-0.25, -0.2) is 0 Å². The van der Waals surface area contributed by atoms with Gasteiger partial charge in [0.05, 0.1) is 4.88 Å². The highest BCUT2D eigenvalue weighted by Crippen LogP contribution is 2.51. The van der Waals surface area contributed by atoms with Crippen LogP contribution in [0.4, 0.5) is 0 Å². The van der Waals surface area contributed by atoms with Crippen LogP contribution in [-0.2, 0) is 25.7 Å². The lowest BCUT2D eigenvalue weighted by Gasteiger charge is -2.11. The molecular weight excluding hydrogens is 529 g/mol. The minimum atomic E-state index is 1.03. The van der Waals surface area contributed by atoms with E-state index in [1.54, 1.807) is 43.3 Å². The molecule has 0 saturated heterocycles. The van der Waals surface area contributed by atoms with Gasteiger partial charge in [-0.2, -0.15) is 0 Å². The van der Waals surface area contributed by atoms with E-state index in [0.717, 1.165) is 11.3 Å². The summed E-state index contributed by atoms with van der Waals surface area (Å²) in [5, 5.41) is 0. The molecule has 3 aromatic heterocycles. The highest BCUT2D eigenvalue weighted by atomic mass is 32.1. The lowest BCUT2D eigenvalue weighted by atomic mass is 9.93. The van der Waals surface area contributed by atoms with Gasteiger partial charge in [0.15, 0.2) is 0 Å². The lowest BCUT2D eigenvalue weighted by molar-refractivity contribution is 0.760. The predicted octanol–water partition coefficient (Wildman–Crippen LogP) is 12.2. The second-order valence-corrected chi connectivity index (χ2v) is 13.6. The number of benzene rings is 1. The third-order valence-corrected chi connectivity index (χ3v) is 11.5. The molecule has 0 amide bonds. The van der Waals surface area contributed by atoms with E-state index in [1.165, 1.54) is 90.8 Å². The zero-order valence-corrected chi connectivity index (χ0v) is 26.8. The van der Waals surface area contributed by atoms with Gasteiger partial charge in [0.2, 0.25) is 0 Å². The van der Waals surface area contributed by atoms with Crippen molar-refractivity contribution in [1.29, 1.82) is 0 Å². The fourth-order valence-electron chi connectivity index (χ4n) is 5.40. The molecule has 0 nitrogen and oxygen atoms in total. The fraction of sp³-hybridized carbons (Fsp3) is 0.444. The molecule has 0 unspecified atom stereocenters. The van der Waals surface area contributed by atoms with Crippen LogP contribution in [0, 0.1) is 12.3 Å². The molecule has 4 aromatic rings. The van der Waals surface area contributed by atoms with E-state index < -0.39 is 0 Å². The summed E-state index contributed by atoms with van der Waals surface area (Å²) in [5.41, 5.74) is 7.86. The van der Waals surface area contributed by atoms with Gasteiger partial charge in [-0.05, 0) is 91.3 Å². The number of hydrogen-bond donors (Lipinski definition) is 0. The first kappa shape index (κ1) is 29.9. The third-order valence-electron chi connectivity index (χ3n) is 7.57. The molecule has 0 aliphatic rings. The van der Waals surface area contributed by atoms with E-state index in [1.807, 2.05) is 0 Å². The van der Waals surface area contributed by atoms with Gasteiger partial charge >= 0.3 is 0 Å². The number of rotatable bonds is 15. The quantitative estimate of drug-likeness (QED) is 0.124. The van der Waals surface area contributed by atoms with Crippen molar-refractivity contribution < 1.29 is 0 Å². The molecule has 0 aliphatic carbocycles. The maximum atomic E-state index is 5.80. The van der Waals surface area contributed by atoms with Crippen LogP contribution in [0.25, 0.3) is 29.9 Å². The highest BCUT2D eigenvalue weighted by molar-refractivity contribution is 7.27. The van der Waals surface area contributed by atoms with Crippen LogP contribution in [0.15, 0.2) is 42.5 Å². The fourth-order valence-corrected chi connectivity index (χ4v) is 9.34. The molecule has 0 bridgehead atoms. The van der Waals surface area contributed by atoms with Crippen LogP contribution in [0.5, 0.6) is 0 Å². The SMILES string of the molecule is C#Cc1ccc(-c2sc(-c3sc(-c4ccccc4)c(CCCC)c3CCCC)c(CCCC)c2CCCC)s1. The maximum Gasteiger partial charge on any atom is 0.0772 e. The van der Waals surface area contributed by atoms with Gasteiger partial charge < -0.3 is 0 Å². The van der Waals surface area contributed by atoms with Crippen LogP contribution in [0.3, 0.4) is 0 Å². The average molecular weight is 573 g/mol. The monoisotopic (exact) mass is 572 g/mol. The second kappa shape index (κ2) is 15.0. The summed E-state index contributed by atoms with van der Waals surface area (Å²) in [4.78, 5) is 8.47. The maximum absolute atomic E-state index is 5.80.